The Morgan fingerprint density at radius 2 is 0.757 bits per heavy atom. The van der Waals surface area contributed by atoms with E-state index in [1.807, 2.05) is 132 Å². The summed E-state index contributed by atoms with van der Waals surface area (Å²) >= 11 is 0. The molecule has 15 rings (SSSR count). The molecule has 0 saturated heterocycles. The summed E-state index contributed by atoms with van der Waals surface area (Å²) in [5.74, 6) is -1.18. The lowest BCUT2D eigenvalue weighted by Crippen LogP contribution is -2.11. The van der Waals surface area contributed by atoms with Crippen molar-refractivity contribution in [1.29, 1.82) is 0 Å². The predicted octanol–water partition coefficient (Wildman–Crippen LogP) is 15.6. The molecule has 0 aliphatic heterocycles. The minimum atomic E-state index is -0.714. The van der Waals surface area contributed by atoms with E-state index in [1.165, 1.54) is 0 Å². The van der Waals surface area contributed by atoms with Gasteiger partial charge >= 0.3 is 0 Å². The van der Waals surface area contributed by atoms with Gasteiger partial charge in [-0.15, -0.1) is 0 Å². The SMILES string of the molecule is [2H]c1c([2H])c([2H])c2c(c1[2H])c1c([2H])c([2H])c([2H])c([2H])c1n2-c1nc(-c2c(-c3ccc4c(c3)c3ccccc3n4-c3ccccc3)cccc2-n2c3ccccc3c3ccccc32)nc(-n2c3c([2H])c([2H])c([2H])c([2H])c3c3c([2H])c([2H])c([2H])c([2H])c32)n1. The number of hydrogen-bond acceptors (Lipinski definition) is 3. The first-order chi connectivity index (χ1) is 41.4. The topological polar surface area (TPSA) is 58.4 Å². The van der Waals surface area contributed by atoms with Gasteiger partial charge in [-0.1, -0.05) is 164 Å². The fraction of sp³-hybridized carbons (Fsp3) is 0. The molecule has 0 atom stereocenters. The van der Waals surface area contributed by atoms with E-state index in [0.717, 1.165) is 58.4 Å². The molecule has 5 heterocycles. The number of hydrogen-bond donors (Lipinski definition) is 0. The number of rotatable bonds is 6. The van der Waals surface area contributed by atoms with Gasteiger partial charge in [0.05, 0.1) is 77.3 Å². The van der Waals surface area contributed by atoms with E-state index >= 15 is 0 Å². The van der Waals surface area contributed by atoms with E-state index < -0.39 is 109 Å². The molecule has 0 N–H and O–H groups in total. The van der Waals surface area contributed by atoms with Gasteiger partial charge in [-0.05, 0) is 83.8 Å². The summed E-state index contributed by atoms with van der Waals surface area (Å²) in [6, 6.07) is 34.6. The van der Waals surface area contributed by atoms with Gasteiger partial charge in [0.1, 0.15) is 0 Å². The monoisotopic (exact) mass is 909 g/mol. The van der Waals surface area contributed by atoms with Crippen LogP contribution in [0.25, 0.3) is 133 Å². The largest absolute Gasteiger partial charge is 0.309 e. The average Bonchev–Trinajstić information content (AvgIpc) is 1.58. The summed E-state index contributed by atoms with van der Waals surface area (Å²) in [6.07, 6.45) is 0. The van der Waals surface area contributed by atoms with Crippen molar-refractivity contribution in [3.05, 3.63) is 236 Å². The molecule has 5 aromatic heterocycles. The van der Waals surface area contributed by atoms with Crippen LogP contribution in [0, 0.1) is 0 Å². The fourth-order valence-electron chi connectivity index (χ4n) is 10.3. The van der Waals surface area contributed by atoms with Crippen LogP contribution in [0.15, 0.2) is 236 Å². The Bertz CT molecular complexity index is 5190. The molecule has 7 heteroatoms. The second-order valence-corrected chi connectivity index (χ2v) is 16.8. The lowest BCUT2D eigenvalue weighted by molar-refractivity contribution is 0.892. The molecule has 0 unspecified atom stereocenters. The average molecular weight is 910 g/mol. The number of para-hydroxylation sites is 8. The maximum absolute atomic E-state index is 9.54. The second kappa shape index (κ2) is 15.0. The molecular weight excluding hydrogens is 855 g/mol. The van der Waals surface area contributed by atoms with Crippen molar-refractivity contribution in [2.45, 2.75) is 0 Å². The van der Waals surface area contributed by atoms with Crippen LogP contribution >= 0.6 is 0 Å². The molecule has 0 aliphatic rings. The standard InChI is InChI=1S/C63H39N7/c1-2-19-41(20-3-1)67-51-29-11-10-27-49(51)50-39-40(37-38-58(50)67)42-28-18-36-59(68-52-30-12-4-21-43(52)44-22-5-13-31-53(44)68)60(42)61-64-62(69-54-32-14-6-23-45(54)46-24-7-15-33-55(46)69)66-63(65-61)70-56-34-16-8-25-47(56)48-26-9-17-35-57(48)70/h1-39H/i6D,7D,8D,9D,14D,15D,16D,17D,23D,24D,25D,26D,32D,33D,34D,35D. The Morgan fingerprint density at radius 1 is 0.314 bits per heavy atom. The number of nitrogens with zero attached hydrogens (tertiary/aromatic N) is 7. The highest BCUT2D eigenvalue weighted by Gasteiger charge is 2.26. The lowest BCUT2D eigenvalue weighted by Gasteiger charge is -2.19. The van der Waals surface area contributed by atoms with Gasteiger partial charge < -0.3 is 9.13 Å². The Hall–Kier alpha value is -9.59. The second-order valence-electron chi connectivity index (χ2n) is 16.8. The zero-order valence-corrected chi connectivity index (χ0v) is 36.4. The van der Waals surface area contributed by atoms with E-state index in [9.17, 15) is 11.0 Å². The molecule has 0 amide bonds. The maximum Gasteiger partial charge on any atom is 0.240 e. The van der Waals surface area contributed by atoms with Gasteiger partial charge in [0.25, 0.3) is 0 Å². The molecule has 7 nitrogen and oxygen atoms in total. The van der Waals surface area contributed by atoms with Crippen LogP contribution in [0.5, 0.6) is 0 Å². The van der Waals surface area contributed by atoms with Crippen molar-refractivity contribution in [3.8, 4) is 45.8 Å². The Morgan fingerprint density at radius 3 is 1.29 bits per heavy atom. The summed E-state index contributed by atoms with van der Waals surface area (Å²) in [4.78, 5) is 15.6. The van der Waals surface area contributed by atoms with Gasteiger partial charge in [-0.2, -0.15) is 15.0 Å². The first-order valence-electron chi connectivity index (χ1n) is 30.4. The van der Waals surface area contributed by atoms with E-state index in [-0.39, 0.29) is 49.4 Å². The van der Waals surface area contributed by atoms with Crippen molar-refractivity contribution in [2.24, 2.45) is 0 Å². The highest BCUT2D eigenvalue weighted by atomic mass is 15.3. The van der Waals surface area contributed by atoms with Crippen molar-refractivity contribution in [3.63, 3.8) is 0 Å². The summed E-state index contributed by atoms with van der Waals surface area (Å²) in [5.41, 5.74) is 4.93. The van der Waals surface area contributed by atoms with Crippen LogP contribution in [0.4, 0.5) is 0 Å². The third kappa shape index (κ3) is 5.54. The zero-order chi connectivity index (χ0) is 59.8. The van der Waals surface area contributed by atoms with Crippen LogP contribution in [0.3, 0.4) is 0 Å². The van der Waals surface area contributed by atoms with Gasteiger partial charge in [-0.25, -0.2) is 0 Å². The zero-order valence-electron chi connectivity index (χ0n) is 52.4. The van der Waals surface area contributed by atoms with E-state index in [1.54, 1.807) is 0 Å². The molecule has 0 spiro atoms. The van der Waals surface area contributed by atoms with Crippen LogP contribution in [0.2, 0.25) is 0 Å². The normalized spacial score (nSPS) is 15.2. The molecular formula is C63H39N7. The van der Waals surface area contributed by atoms with E-state index in [0.29, 0.717) is 22.4 Å². The highest BCUT2D eigenvalue weighted by molar-refractivity contribution is 6.13. The van der Waals surface area contributed by atoms with Crippen LogP contribution in [-0.2, 0) is 0 Å². The fourth-order valence-corrected chi connectivity index (χ4v) is 10.3. The molecule has 0 bridgehead atoms. The van der Waals surface area contributed by atoms with Crippen molar-refractivity contribution >= 4 is 87.2 Å². The van der Waals surface area contributed by atoms with Gasteiger partial charge in [0, 0.05) is 48.8 Å². The molecule has 0 fully saturated rings. The minimum Gasteiger partial charge on any atom is -0.309 e. The Kier molecular flexibility index (Phi) is 5.57. The molecule has 70 heavy (non-hydrogen) atoms. The van der Waals surface area contributed by atoms with E-state index in [4.69, 9.17) is 25.9 Å². The Balaban J connectivity index is 1.17. The molecule has 15 aromatic rings. The molecule has 0 saturated carbocycles. The molecule has 0 aliphatic carbocycles. The van der Waals surface area contributed by atoms with Crippen molar-refractivity contribution in [1.82, 2.24) is 33.2 Å². The number of aromatic nitrogens is 7. The van der Waals surface area contributed by atoms with Crippen LogP contribution < -0.4 is 0 Å². The molecule has 326 valence electrons. The van der Waals surface area contributed by atoms with Crippen molar-refractivity contribution in [2.75, 3.05) is 0 Å². The lowest BCUT2D eigenvalue weighted by atomic mass is 9.95. The summed E-state index contributed by atoms with van der Waals surface area (Å²) in [6.45, 7) is 0. The minimum absolute atomic E-state index is 0.183. The molecule has 0 radical (unpaired) electrons. The number of benzene rings is 10. The third-order valence-corrected chi connectivity index (χ3v) is 13.2. The van der Waals surface area contributed by atoms with E-state index in [2.05, 4.69) is 16.7 Å². The van der Waals surface area contributed by atoms with Gasteiger partial charge in [0.15, 0.2) is 5.82 Å². The first kappa shape index (κ1) is 26.1. The van der Waals surface area contributed by atoms with Gasteiger partial charge in [0.2, 0.25) is 11.9 Å². The summed E-state index contributed by atoms with van der Waals surface area (Å²) in [5, 5.41) is 2.49. The Labute approximate surface area is 423 Å². The van der Waals surface area contributed by atoms with Crippen LogP contribution in [-0.4, -0.2) is 33.2 Å². The highest BCUT2D eigenvalue weighted by Crippen LogP contribution is 2.43. The summed E-state index contributed by atoms with van der Waals surface area (Å²) < 4.78 is 153. The van der Waals surface area contributed by atoms with Gasteiger partial charge in [-0.3, -0.25) is 9.13 Å². The summed E-state index contributed by atoms with van der Waals surface area (Å²) in [7, 11) is 0. The van der Waals surface area contributed by atoms with Crippen molar-refractivity contribution < 1.29 is 21.9 Å². The quantitative estimate of drug-likeness (QED) is 0.167. The van der Waals surface area contributed by atoms with Crippen LogP contribution in [0.1, 0.15) is 21.9 Å². The first-order valence-corrected chi connectivity index (χ1v) is 22.4. The smallest absolute Gasteiger partial charge is 0.240 e. The third-order valence-electron chi connectivity index (χ3n) is 13.2. The molecule has 10 aromatic carbocycles. The predicted molar refractivity (Wildman–Crippen MR) is 288 cm³/mol. The maximum atomic E-state index is 9.54. The number of fused-ring (bicyclic) bond motifs is 12.